The summed E-state index contributed by atoms with van der Waals surface area (Å²) in [6, 6.07) is 3.47. The fourth-order valence-corrected chi connectivity index (χ4v) is 1.54. The summed E-state index contributed by atoms with van der Waals surface area (Å²) in [6.45, 7) is 4.77. The second kappa shape index (κ2) is 6.68. The van der Waals surface area contributed by atoms with E-state index in [0.29, 0.717) is 25.3 Å². The summed E-state index contributed by atoms with van der Waals surface area (Å²) in [7, 11) is 0. The van der Waals surface area contributed by atoms with Crippen LogP contribution in [0.1, 0.15) is 36.6 Å². The maximum absolute atomic E-state index is 12.1. The van der Waals surface area contributed by atoms with Crippen molar-refractivity contribution in [1.82, 2.24) is 4.90 Å². The lowest BCUT2D eigenvalue weighted by Crippen LogP contribution is -2.33. The molecule has 1 aromatic heterocycles. The smallest absolute Gasteiger partial charge is 0.289 e. The molecular formula is C12H19N3O3. The predicted molar refractivity (Wildman–Crippen MR) is 67.7 cm³/mol. The topological polar surface area (TPSA) is 92.1 Å². The molecule has 0 aliphatic heterocycles. The number of furan rings is 1. The number of amidine groups is 1. The van der Waals surface area contributed by atoms with Crippen molar-refractivity contribution >= 4 is 11.7 Å². The third-order valence-electron chi connectivity index (χ3n) is 2.66. The fraction of sp³-hybridized carbons (Fsp3) is 0.500. The van der Waals surface area contributed by atoms with Gasteiger partial charge in [0.25, 0.3) is 5.91 Å². The Hall–Kier alpha value is -1.98. The van der Waals surface area contributed by atoms with Gasteiger partial charge in [-0.25, -0.2) is 0 Å². The molecule has 0 bridgehead atoms. The maximum Gasteiger partial charge on any atom is 0.289 e. The number of rotatable bonds is 6. The number of hydrogen-bond acceptors (Lipinski definition) is 4. The summed E-state index contributed by atoms with van der Waals surface area (Å²) in [5.41, 5.74) is 5.38. The maximum atomic E-state index is 12.1. The molecule has 0 atom stereocenters. The summed E-state index contributed by atoms with van der Waals surface area (Å²) in [4.78, 5) is 13.7. The minimum atomic E-state index is -0.178. The first-order valence-electron chi connectivity index (χ1n) is 5.96. The zero-order valence-corrected chi connectivity index (χ0v) is 10.7. The van der Waals surface area contributed by atoms with Gasteiger partial charge < -0.3 is 20.3 Å². The number of nitrogens with two attached hydrogens (primary N) is 1. The highest BCUT2D eigenvalue weighted by atomic mass is 16.4. The molecule has 0 fully saturated rings. The van der Waals surface area contributed by atoms with Crippen LogP contribution >= 0.6 is 0 Å². The number of amides is 1. The van der Waals surface area contributed by atoms with Gasteiger partial charge in [-0.15, -0.1) is 0 Å². The van der Waals surface area contributed by atoms with Crippen molar-refractivity contribution in [2.75, 3.05) is 13.1 Å². The van der Waals surface area contributed by atoms with Crippen LogP contribution in [0.25, 0.3) is 0 Å². The fourth-order valence-electron chi connectivity index (χ4n) is 1.54. The zero-order valence-electron chi connectivity index (χ0n) is 10.7. The van der Waals surface area contributed by atoms with E-state index >= 15 is 0 Å². The van der Waals surface area contributed by atoms with E-state index in [1.165, 1.54) is 0 Å². The highest BCUT2D eigenvalue weighted by molar-refractivity contribution is 5.92. The van der Waals surface area contributed by atoms with Gasteiger partial charge in [-0.1, -0.05) is 12.1 Å². The van der Waals surface area contributed by atoms with Crippen molar-refractivity contribution in [2.45, 2.75) is 26.7 Å². The Bertz CT molecular complexity index is 426. The molecule has 0 aromatic carbocycles. The third kappa shape index (κ3) is 3.51. The molecule has 0 aliphatic rings. The van der Waals surface area contributed by atoms with Gasteiger partial charge in [0.1, 0.15) is 11.6 Å². The Morgan fingerprint density at radius 2 is 2.22 bits per heavy atom. The van der Waals surface area contributed by atoms with Gasteiger partial charge in [-0.2, -0.15) is 0 Å². The zero-order chi connectivity index (χ0) is 13.5. The van der Waals surface area contributed by atoms with Gasteiger partial charge in [-0.05, 0) is 19.1 Å². The largest absolute Gasteiger partial charge is 0.456 e. The standard InChI is InChI=1S/C12H19N3O3/c1-3-9-5-6-10(18-9)12(16)15(4-2)8-7-11(13)14-17/h5-6,17H,3-4,7-8H2,1-2H3,(H2,13,14). The molecule has 1 rings (SSSR count). The summed E-state index contributed by atoms with van der Waals surface area (Å²) in [5.74, 6) is 1.04. The Balaban J connectivity index is 2.67. The van der Waals surface area contributed by atoms with E-state index in [2.05, 4.69) is 5.16 Å². The molecule has 6 heteroatoms. The molecule has 100 valence electrons. The second-order valence-corrected chi connectivity index (χ2v) is 3.85. The number of carbonyl (C=O) groups is 1. The van der Waals surface area contributed by atoms with E-state index < -0.39 is 0 Å². The third-order valence-corrected chi connectivity index (χ3v) is 2.66. The van der Waals surface area contributed by atoms with Crippen LogP contribution in [-0.4, -0.2) is 34.9 Å². The summed E-state index contributed by atoms with van der Waals surface area (Å²) in [6.07, 6.45) is 1.08. The average Bonchev–Trinajstić information content (AvgIpc) is 2.87. The van der Waals surface area contributed by atoms with Gasteiger partial charge in [0, 0.05) is 25.9 Å². The second-order valence-electron chi connectivity index (χ2n) is 3.85. The van der Waals surface area contributed by atoms with E-state index in [-0.39, 0.29) is 11.7 Å². The molecule has 0 spiro atoms. The van der Waals surface area contributed by atoms with Gasteiger partial charge in [0.15, 0.2) is 5.76 Å². The van der Waals surface area contributed by atoms with Crippen LogP contribution in [0.5, 0.6) is 0 Å². The van der Waals surface area contributed by atoms with Crippen LogP contribution in [0.15, 0.2) is 21.7 Å². The van der Waals surface area contributed by atoms with Gasteiger partial charge in [0.2, 0.25) is 0 Å². The van der Waals surface area contributed by atoms with Crippen LogP contribution in [0.2, 0.25) is 0 Å². The van der Waals surface area contributed by atoms with Crippen molar-refractivity contribution in [3.8, 4) is 0 Å². The molecule has 1 aromatic rings. The van der Waals surface area contributed by atoms with Crippen LogP contribution in [0, 0.1) is 0 Å². The van der Waals surface area contributed by atoms with Crippen molar-refractivity contribution in [2.24, 2.45) is 10.9 Å². The number of aryl methyl sites for hydroxylation is 1. The van der Waals surface area contributed by atoms with Gasteiger partial charge in [-0.3, -0.25) is 4.79 Å². The highest BCUT2D eigenvalue weighted by Crippen LogP contribution is 2.11. The molecule has 1 heterocycles. The highest BCUT2D eigenvalue weighted by Gasteiger charge is 2.17. The van der Waals surface area contributed by atoms with Crippen molar-refractivity contribution < 1.29 is 14.4 Å². The lowest BCUT2D eigenvalue weighted by molar-refractivity contribution is 0.0734. The summed E-state index contributed by atoms with van der Waals surface area (Å²) < 4.78 is 5.41. The number of hydrogen-bond donors (Lipinski definition) is 2. The van der Waals surface area contributed by atoms with Crippen LogP contribution in [-0.2, 0) is 6.42 Å². The molecule has 6 nitrogen and oxygen atoms in total. The van der Waals surface area contributed by atoms with Gasteiger partial charge in [0.05, 0.1) is 0 Å². The lowest BCUT2D eigenvalue weighted by atomic mass is 10.3. The Labute approximate surface area is 106 Å². The number of nitrogens with zero attached hydrogens (tertiary/aromatic N) is 2. The summed E-state index contributed by atoms with van der Waals surface area (Å²) >= 11 is 0. The first kappa shape index (κ1) is 14.1. The molecule has 0 unspecified atom stereocenters. The van der Waals surface area contributed by atoms with Crippen molar-refractivity contribution in [3.05, 3.63) is 23.7 Å². The van der Waals surface area contributed by atoms with Crippen LogP contribution in [0.4, 0.5) is 0 Å². The minimum Gasteiger partial charge on any atom is -0.456 e. The first-order chi connectivity index (χ1) is 8.62. The molecular weight excluding hydrogens is 234 g/mol. The van der Waals surface area contributed by atoms with Crippen molar-refractivity contribution in [3.63, 3.8) is 0 Å². The molecule has 0 saturated carbocycles. The summed E-state index contributed by atoms with van der Waals surface area (Å²) in [5, 5.41) is 11.3. The van der Waals surface area contributed by atoms with E-state index in [9.17, 15) is 4.79 Å². The monoisotopic (exact) mass is 253 g/mol. The number of oxime groups is 1. The van der Waals surface area contributed by atoms with E-state index in [4.69, 9.17) is 15.4 Å². The Morgan fingerprint density at radius 3 is 2.72 bits per heavy atom. The van der Waals surface area contributed by atoms with E-state index in [0.717, 1.165) is 12.2 Å². The quantitative estimate of drug-likeness (QED) is 0.347. The number of carbonyl (C=O) groups excluding carboxylic acids is 1. The predicted octanol–water partition coefficient (Wildman–Crippen LogP) is 1.44. The normalized spacial score (nSPS) is 11.6. The van der Waals surface area contributed by atoms with Crippen LogP contribution in [0.3, 0.4) is 0 Å². The van der Waals surface area contributed by atoms with Crippen molar-refractivity contribution in [1.29, 1.82) is 0 Å². The molecule has 0 radical (unpaired) electrons. The lowest BCUT2D eigenvalue weighted by Gasteiger charge is -2.19. The first-order valence-corrected chi connectivity index (χ1v) is 5.96. The average molecular weight is 253 g/mol. The SMILES string of the molecule is CCc1ccc(C(=O)N(CC)CCC(N)=NO)o1. The Kier molecular flexibility index (Phi) is 5.23. The molecule has 3 N–H and O–H groups in total. The van der Waals surface area contributed by atoms with E-state index in [1.54, 1.807) is 17.0 Å². The minimum absolute atomic E-state index is 0.106. The molecule has 18 heavy (non-hydrogen) atoms. The molecule has 0 saturated heterocycles. The Morgan fingerprint density at radius 1 is 1.50 bits per heavy atom. The molecule has 1 amide bonds. The van der Waals surface area contributed by atoms with Gasteiger partial charge >= 0.3 is 0 Å². The van der Waals surface area contributed by atoms with E-state index in [1.807, 2.05) is 13.8 Å². The molecule has 0 aliphatic carbocycles. The van der Waals surface area contributed by atoms with Crippen LogP contribution < -0.4 is 5.73 Å².